The average Bonchev–Trinajstić information content (AvgIpc) is 3.24. The molecule has 6 heteroatoms. The van der Waals surface area contributed by atoms with Crippen molar-refractivity contribution in [1.29, 1.82) is 0 Å². The highest BCUT2D eigenvalue weighted by atomic mass is 31.1. The molecule has 0 N–H and O–H groups in total. The van der Waals surface area contributed by atoms with E-state index < -0.39 is 15.8 Å². The van der Waals surface area contributed by atoms with Crippen molar-refractivity contribution in [2.24, 2.45) is 5.92 Å². The quantitative estimate of drug-likeness (QED) is 0.124. The molecule has 0 bridgehead atoms. The first-order chi connectivity index (χ1) is 26.6. The molecular formula is C48H42O4P2. The van der Waals surface area contributed by atoms with Gasteiger partial charge in [0.2, 0.25) is 0 Å². The maximum Gasteiger partial charge on any atom is 0.118 e. The highest BCUT2D eigenvalue weighted by molar-refractivity contribution is 7.80. The van der Waals surface area contributed by atoms with Gasteiger partial charge in [-0.25, -0.2) is 0 Å². The van der Waals surface area contributed by atoms with Crippen LogP contribution in [-0.2, 0) is 0 Å². The molecule has 0 saturated carbocycles. The predicted molar refractivity (Wildman–Crippen MR) is 229 cm³/mol. The Hall–Kier alpha value is -5.40. The van der Waals surface area contributed by atoms with Gasteiger partial charge in [0, 0.05) is 5.92 Å². The number of hydrogen-bond donors (Lipinski definition) is 0. The summed E-state index contributed by atoms with van der Waals surface area (Å²) in [7, 11) is 4.87. The molecule has 0 heterocycles. The van der Waals surface area contributed by atoms with Crippen LogP contribution in [0.1, 0.15) is 12.0 Å². The fourth-order valence-electron chi connectivity index (χ4n) is 7.51. The van der Waals surface area contributed by atoms with Crippen molar-refractivity contribution in [3.8, 4) is 23.0 Å². The van der Waals surface area contributed by atoms with Crippen molar-refractivity contribution in [2.75, 3.05) is 28.4 Å². The fourth-order valence-corrected chi connectivity index (χ4v) is 12.4. The second kappa shape index (κ2) is 15.9. The summed E-state index contributed by atoms with van der Waals surface area (Å²) < 4.78 is 22.5. The third-order valence-electron chi connectivity index (χ3n) is 10.2. The Balaban J connectivity index is 1.43. The summed E-state index contributed by atoms with van der Waals surface area (Å²) in [6.45, 7) is 0. The Morgan fingerprint density at radius 2 is 0.981 bits per heavy atom. The number of hydrogen-bond acceptors (Lipinski definition) is 4. The lowest BCUT2D eigenvalue weighted by molar-refractivity contribution is 0.415. The van der Waals surface area contributed by atoms with Gasteiger partial charge in [0.15, 0.2) is 0 Å². The van der Waals surface area contributed by atoms with Gasteiger partial charge in [0.1, 0.15) is 23.0 Å². The van der Waals surface area contributed by atoms with Crippen LogP contribution in [0.25, 0.3) is 16.3 Å². The molecule has 6 aromatic carbocycles. The van der Waals surface area contributed by atoms with Gasteiger partial charge in [-0.15, -0.1) is 0 Å². The molecular weight excluding hydrogens is 702 g/mol. The van der Waals surface area contributed by atoms with Crippen molar-refractivity contribution in [3.05, 3.63) is 180 Å². The van der Waals surface area contributed by atoms with E-state index >= 15 is 0 Å². The number of methoxy groups -OCH3 is 4. The van der Waals surface area contributed by atoms with E-state index in [-0.39, 0.29) is 5.92 Å². The molecule has 0 radical (unpaired) electrons. The molecule has 0 aromatic heterocycles. The van der Waals surface area contributed by atoms with Crippen LogP contribution >= 0.6 is 15.8 Å². The lowest BCUT2D eigenvalue weighted by atomic mass is 9.80. The molecule has 268 valence electrons. The van der Waals surface area contributed by atoms with Crippen LogP contribution in [0.3, 0.4) is 0 Å². The zero-order valence-electron chi connectivity index (χ0n) is 30.9. The van der Waals surface area contributed by atoms with Crippen LogP contribution in [-0.4, -0.2) is 28.4 Å². The number of fused-ring (bicyclic) bond motifs is 2. The van der Waals surface area contributed by atoms with E-state index in [0.29, 0.717) is 0 Å². The first kappa shape index (κ1) is 35.6. The van der Waals surface area contributed by atoms with Gasteiger partial charge in [0.05, 0.1) is 28.4 Å². The molecule has 1 unspecified atom stereocenters. The van der Waals surface area contributed by atoms with E-state index in [2.05, 4.69) is 164 Å². The average molecular weight is 745 g/mol. The lowest BCUT2D eigenvalue weighted by Gasteiger charge is -2.35. The molecule has 0 saturated heterocycles. The highest BCUT2D eigenvalue weighted by Gasteiger charge is 2.34. The van der Waals surface area contributed by atoms with E-state index in [1.165, 1.54) is 59.3 Å². The summed E-state index contributed by atoms with van der Waals surface area (Å²) in [5.41, 5.74) is 3.98. The maximum atomic E-state index is 5.63. The van der Waals surface area contributed by atoms with Crippen LogP contribution in [0.2, 0.25) is 0 Å². The Morgan fingerprint density at radius 3 is 1.48 bits per heavy atom. The SMILES string of the molecule is COc1ccc(P(C2=CCC3C=CC=CC3=C2c2c(P(c3ccc(OC)cc3)c3ccc(OC)cc3)ccc3ccccc23)c2ccc(OC)cc2)cc1. The fraction of sp³-hybridized carbons (Fsp3) is 0.125. The minimum absolute atomic E-state index is 0.275. The third kappa shape index (κ3) is 6.89. The minimum atomic E-state index is -1.02. The van der Waals surface area contributed by atoms with Crippen LogP contribution in [0.5, 0.6) is 23.0 Å². The van der Waals surface area contributed by atoms with E-state index in [9.17, 15) is 0 Å². The van der Waals surface area contributed by atoms with Crippen molar-refractivity contribution in [1.82, 2.24) is 0 Å². The summed E-state index contributed by atoms with van der Waals surface area (Å²) >= 11 is 0. The summed E-state index contributed by atoms with van der Waals surface area (Å²) in [5.74, 6) is 3.66. The summed E-state index contributed by atoms with van der Waals surface area (Å²) in [4.78, 5) is 0. The highest BCUT2D eigenvalue weighted by Crippen LogP contribution is 2.56. The predicted octanol–water partition coefficient (Wildman–Crippen LogP) is 9.55. The van der Waals surface area contributed by atoms with Gasteiger partial charge in [-0.2, -0.15) is 0 Å². The topological polar surface area (TPSA) is 36.9 Å². The molecule has 0 spiro atoms. The van der Waals surface area contributed by atoms with Crippen LogP contribution in [0.15, 0.2) is 175 Å². The second-order valence-electron chi connectivity index (χ2n) is 13.1. The van der Waals surface area contributed by atoms with Crippen molar-refractivity contribution >= 4 is 58.7 Å². The zero-order chi connectivity index (χ0) is 37.0. The minimum Gasteiger partial charge on any atom is -0.497 e. The smallest absolute Gasteiger partial charge is 0.118 e. The Labute approximate surface area is 320 Å². The van der Waals surface area contributed by atoms with Gasteiger partial charge in [0.25, 0.3) is 0 Å². The van der Waals surface area contributed by atoms with Gasteiger partial charge in [-0.1, -0.05) is 115 Å². The summed E-state index contributed by atoms with van der Waals surface area (Å²) in [6.07, 6.45) is 12.6. The molecule has 1 atom stereocenters. The lowest BCUT2D eigenvalue weighted by Crippen LogP contribution is -2.26. The van der Waals surface area contributed by atoms with Crippen LogP contribution in [0, 0.1) is 5.92 Å². The van der Waals surface area contributed by atoms with Gasteiger partial charge < -0.3 is 18.9 Å². The normalized spacial score (nSPS) is 15.0. The summed E-state index contributed by atoms with van der Waals surface area (Å²) in [5, 5.41) is 10.2. The molecule has 0 aliphatic heterocycles. The van der Waals surface area contributed by atoms with Gasteiger partial charge in [-0.3, -0.25) is 0 Å². The molecule has 8 rings (SSSR count). The number of rotatable bonds is 11. The van der Waals surface area contributed by atoms with E-state index in [1.54, 1.807) is 28.4 Å². The maximum absolute atomic E-state index is 5.63. The van der Waals surface area contributed by atoms with E-state index in [0.717, 1.165) is 29.4 Å². The van der Waals surface area contributed by atoms with E-state index in [4.69, 9.17) is 18.9 Å². The van der Waals surface area contributed by atoms with Gasteiger partial charge >= 0.3 is 0 Å². The van der Waals surface area contributed by atoms with Crippen LogP contribution in [0.4, 0.5) is 0 Å². The summed E-state index contributed by atoms with van der Waals surface area (Å²) in [6, 6.07) is 48.2. The standard InChI is InChI=1S/C48H42O4P2/c1-49-35-15-23-39(24-16-35)53(40-25-17-36(50-2)18-26-40)45-31-13-33-9-5-7-11-43(33)47(45)48-44-12-8-6-10-34(44)14-32-46(48)54(41-27-19-37(51-3)20-28-41)42-29-21-38(52-4)22-30-42/h5-13,15-32,34H,14H2,1-4H3. The van der Waals surface area contributed by atoms with Crippen LogP contribution < -0.4 is 45.5 Å². The second-order valence-corrected chi connectivity index (χ2v) is 17.5. The molecule has 54 heavy (non-hydrogen) atoms. The Morgan fingerprint density at radius 1 is 0.500 bits per heavy atom. The van der Waals surface area contributed by atoms with E-state index in [1.807, 2.05) is 0 Å². The molecule has 2 aliphatic rings. The Bertz CT molecular complexity index is 2300. The number of benzene rings is 6. The van der Waals surface area contributed by atoms with Crippen molar-refractivity contribution in [3.63, 3.8) is 0 Å². The zero-order valence-corrected chi connectivity index (χ0v) is 32.7. The van der Waals surface area contributed by atoms with Crippen molar-refractivity contribution < 1.29 is 18.9 Å². The van der Waals surface area contributed by atoms with Crippen molar-refractivity contribution in [2.45, 2.75) is 6.42 Å². The molecule has 0 fully saturated rings. The number of ether oxygens (including phenoxy) is 4. The van der Waals surface area contributed by atoms with Gasteiger partial charge in [-0.05, 0) is 130 Å². The monoisotopic (exact) mass is 744 g/mol. The largest absolute Gasteiger partial charge is 0.497 e. The molecule has 4 nitrogen and oxygen atoms in total. The first-order valence-corrected chi connectivity index (χ1v) is 20.8. The first-order valence-electron chi connectivity index (χ1n) is 18.1. The molecule has 0 amide bonds. The third-order valence-corrected chi connectivity index (χ3v) is 15.2. The Kier molecular flexibility index (Phi) is 10.5. The number of allylic oxidation sites excluding steroid dienone is 8. The molecule has 2 aliphatic carbocycles. The molecule has 6 aromatic rings.